The SMILES string of the molecule is CC(C)(C)c1cc(NC(=O)/C=C/c2ccccc2)n[nH]1. The number of anilines is 1. The Morgan fingerprint density at radius 1 is 1.25 bits per heavy atom. The van der Waals surface area contributed by atoms with E-state index in [1.807, 2.05) is 36.4 Å². The molecule has 0 unspecified atom stereocenters. The zero-order chi connectivity index (χ0) is 14.6. The molecule has 4 nitrogen and oxygen atoms in total. The van der Waals surface area contributed by atoms with Gasteiger partial charge in [0.1, 0.15) is 0 Å². The molecule has 0 saturated carbocycles. The number of rotatable bonds is 3. The van der Waals surface area contributed by atoms with Crippen LogP contribution in [0.25, 0.3) is 6.08 Å². The first-order valence-electron chi connectivity index (χ1n) is 6.55. The van der Waals surface area contributed by atoms with Crippen LogP contribution in [0.5, 0.6) is 0 Å². The Morgan fingerprint density at radius 3 is 2.55 bits per heavy atom. The number of carbonyl (C=O) groups is 1. The fourth-order valence-electron chi connectivity index (χ4n) is 1.67. The van der Waals surface area contributed by atoms with Gasteiger partial charge < -0.3 is 5.32 Å². The van der Waals surface area contributed by atoms with Crippen molar-refractivity contribution in [3.05, 3.63) is 53.7 Å². The maximum Gasteiger partial charge on any atom is 0.249 e. The van der Waals surface area contributed by atoms with Crippen LogP contribution in [0, 0.1) is 0 Å². The molecule has 0 atom stereocenters. The summed E-state index contributed by atoms with van der Waals surface area (Å²) in [5, 5.41) is 9.76. The highest BCUT2D eigenvalue weighted by atomic mass is 16.1. The molecular formula is C16H19N3O. The van der Waals surface area contributed by atoms with Gasteiger partial charge in [-0.25, -0.2) is 0 Å². The van der Waals surface area contributed by atoms with Crippen molar-refractivity contribution in [2.24, 2.45) is 0 Å². The first kappa shape index (κ1) is 14.1. The summed E-state index contributed by atoms with van der Waals surface area (Å²) >= 11 is 0. The van der Waals surface area contributed by atoms with Crippen LogP contribution < -0.4 is 5.32 Å². The number of nitrogens with one attached hydrogen (secondary N) is 2. The summed E-state index contributed by atoms with van der Waals surface area (Å²) in [6, 6.07) is 11.5. The minimum atomic E-state index is -0.194. The van der Waals surface area contributed by atoms with E-state index < -0.39 is 0 Å². The number of H-pyrrole nitrogens is 1. The smallest absolute Gasteiger partial charge is 0.249 e. The van der Waals surface area contributed by atoms with Gasteiger partial charge in [-0.2, -0.15) is 5.10 Å². The summed E-state index contributed by atoms with van der Waals surface area (Å²) in [6.45, 7) is 6.25. The molecule has 2 N–H and O–H groups in total. The lowest BCUT2D eigenvalue weighted by Crippen LogP contribution is -2.11. The van der Waals surface area contributed by atoms with Gasteiger partial charge >= 0.3 is 0 Å². The zero-order valence-electron chi connectivity index (χ0n) is 12.0. The van der Waals surface area contributed by atoms with Crippen LogP contribution in [0.3, 0.4) is 0 Å². The Bertz CT molecular complexity index is 606. The molecule has 1 aromatic heterocycles. The lowest BCUT2D eigenvalue weighted by atomic mass is 9.92. The highest BCUT2D eigenvalue weighted by Crippen LogP contribution is 2.21. The molecule has 0 aliphatic heterocycles. The Kier molecular flexibility index (Phi) is 4.03. The normalized spacial score (nSPS) is 11.8. The molecular weight excluding hydrogens is 250 g/mol. The summed E-state index contributed by atoms with van der Waals surface area (Å²) in [5.74, 6) is 0.346. The summed E-state index contributed by atoms with van der Waals surface area (Å²) in [5.41, 5.74) is 1.95. The Labute approximate surface area is 118 Å². The van der Waals surface area contributed by atoms with Gasteiger partial charge in [0.2, 0.25) is 5.91 Å². The van der Waals surface area contributed by atoms with E-state index in [1.54, 1.807) is 6.08 Å². The van der Waals surface area contributed by atoms with E-state index in [4.69, 9.17) is 0 Å². The molecule has 2 aromatic rings. The average molecular weight is 269 g/mol. The number of carbonyl (C=O) groups excluding carboxylic acids is 1. The van der Waals surface area contributed by atoms with Crippen LogP contribution in [-0.4, -0.2) is 16.1 Å². The Hall–Kier alpha value is -2.36. The van der Waals surface area contributed by atoms with Crippen molar-refractivity contribution in [2.45, 2.75) is 26.2 Å². The third kappa shape index (κ3) is 3.82. The number of aromatic nitrogens is 2. The lowest BCUT2D eigenvalue weighted by molar-refractivity contribution is -0.111. The number of aromatic amines is 1. The fourth-order valence-corrected chi connectivity index (χ4v) is 1.67. The second-order valence-corrected chi connectivity index (χ2v) is 5.65. The van der Waals surface area contributed by atoms with E-state index in [1.165, 1.54) is 6.08 Å². The molecule has 20 heavy (non-hydrogen) atoms. The van der Waals surface area contributed by atoms with E-state index >= 15 is 0 Å². The first-order chi connectivity index (χ1) is 9.45. The Morgan fingerprint density at radius 2 is 1.95 bits per heavy atom. The summed E-state index contributed by atoms with van der Waals surface area (Å²) < 4.78 is 0. The van der Waals surface area contributed by atoms with Crippen LogP contribution in [0.15, 0.2) is 42.5 Å². The molecule has 0 aliphatic rings. The van der Waals surface area contributed by atoms with Gasteiger partial charge in [-0.05, 0) is 11.6 Å². The number of hydrogen-bond donors (Lipinski definition) is 2. The molecule has 104 valence electrons. The lowest BCUT2D eigenvalue weighted by Gasteiger charge is -2.14. The minimum Gasteiger partial charge on any atom is -0.306 e. The molecule has 1 heterocycles. The van der Waals surface area contributed by atoms with Crippen molar-refractivity contribution in [2.75, 3.05) is 5.32 Å². The van der Waals surface area contributed by atoms with Gasteiger partial charge in [-0.15, -0.1) is 0 Å². The fraction of sp³-hybridized carbons (Fsp3) is 0.250. The van der Waals surface area contributed by atoms with Gasteiger partial charge in [0.05, 0.1) is 0 Å². The topological polar surface area (TPSA) is 57.8 Å². The van der Waals surface area contributed by atoms with E-state index in [0.717, 1.165) is 11.3 Å². The molecule has 0 radical (unpaired) electrons. The van der Waals surface area contributed by atoms with E-state index in [9.17, 15) is 4.79 Å². The summed E-state index contributed by atoms with van der Waals surface area (Å²) in [6.07, 6.45) is 3.27. The van der Waals surface area contributed by atoms with Gasteiger partial charge in [0.25, 0.3) is 0 Å². The maximum atomic E-state index is 11.8. The van der Waals surface area contributed by atoms with Gasteiger partial charge in [0.15, 0.2) is 5.82 Å². The molecule has 1 amide bonds. The third-order valence-electron chi connectivity index (χ3n) is 2.86. The van der Waals surface area contributed by atoms with Crippen molar-refractivity contribution in [1.29, 1.82) is 0 Å². The predicted octanol–water partition coefficient (Wildman–Crippen LogP) is 3.36. The van der Waals surface area contributed by atoms with Crippen molar-refractivity contribution >= 4 is 17.8 Å². The Balaban J connectivity index is 1.98. The highest BCUT2D eigenvalue weighted by molar-refractivity contribution is 6.01. The van der Waals surface area contributed by atoms with Gasteiger partial charge in [0, 0.05) is 23.3 Å². The van der Waals surface area contributed by atoms with Gasteiger partial charge in [-0.3, -0.25) is 9.89 Å². The molecule has 0 fully saturated rings. The quantitative estimate of drug-likeness (QED) is 0.839. The maximum absolute atomic E-state index is 11.8. The standard InChI is InChI=1S/C16H19N3O/c1-16(2,3)13-11-14(19-18-13)17-15(20)10-9-12-7-5-4-6-8-12/h4-11H,1-3H3,(H2,17,18,19,20)/b10-9+. The van der Waals surface area contributed by atoms with Crippen LogP contribution >= 0.6 is 0 Å². The number of amides is 1. The van der Waals surface area contributed by atoms with Crippen LogP contribution in [0.1, 0.15) is 32.0 Å². The number of benzene rings is 1. The average Bonchev–Trinajstić information content (AvgIpc) is 2.86. The largest absolute Gasteiger partial charge is 0.306 e. The molecule has 0 aliphatic carbocycles. The van der Waals surface area contributed by atoms with Crippen LogP contribution in [0.4, 0.5) is 5.82 Å². The molecule has 1 aromatic carbocycles. The second-order valence-electron chi connectivity index (χ2n) is 5.65. The van der Waals surface area contributed by atoms with E-state index in [2.05, 4.69) is 36.3 Å². The number of nitrogens with zero attached hydrogens (tertiary/aromatic N) is 1. The van der Waals surface area contributed by atoms with Crippen LogP contribution in [-0.2, 0) is 10.2 Å². The summed E-state index contributed by atoms with van der Waals surface area (Å²) in [7, 11) is 0. The van der Waals surface area contributed by atoms with Gasteiger partial charge in [-0.1, -0.05) is 51.1 Å². The van der Waals surface area contributed by atoms with Crippen molar-refractivity contribution in [3.8, 4) is 0 Å². The molecule has 2 rings (SSSR count). The number of hydrogen-bond acceptors (Lipinski definition) is 2. The third-order valence-corrected chi connectivity index (χ3v) is 2.86. The molecule has 0 saturated heterocycles. The minimum absolute atomic E-state index is 0.0180. The second kappa shape index (κ2) is 5.74. The van der Waals surface area contributed by atoms with Crippen molar-refractivity contribution in [3.63, 3.8) is 0 Å². The molecule has 0 spiro atoms. The summed E-state index contributed by atoms with van der Waals surface area (Å²) in [4.78, 5) is 11.8. The van der Waals surface area contributed by atoms with E-state index in [-0.39, 0.29) is 11.3 Å². The van der Waals surface area contributed by atoms with Crippen molar-refractivity contribution < 1.29 is 4.79 Å². The zero-order valence-corrected chi connectivity index (χ0v) is 12.0. The predicted molar refractivity (Wildman–Crippen MR) is 81.4 cm³/mol. The van der Waals surface area contributed by atoms with E-state index in [0.29, 0.717) is 5.82 Å². The monoisotopic (exact) mass is 269 g/mol. The molecule has 4 heteroatoms. The highest BCUT2D eigenvalue weighted by Gasteiger charge is 2.16. The van der Waals surface area contributed by atoms with Crippen molar-refractivity contribution in [1.82, 2.24) is 10.2 Å². The first-order valence-corrected chi connectivity index (χ1v) is 6.55. The van der Waals surface area contributed by atoms with Crippen LogP contribution in [0.2, 0.25) is 0 Å². The molecule has 0 bridgehead atoms.